The van der Waals surface area contributed by atoms with Gasteiger partial charge in [0.1, 0.15) is 12.1 Å². The summed E-state index contributed by atoms with van der Waals surface area (Å²) in [5, 5.41) is 9.40. The second-order valence-corrected chi connectivity index (χ2v) is 4.66. The highest BCUT2D eigenvalue weighted by molar-refractivity contribution is 6.30. The maximum atomic E-state index is 13.9. The first-order valence-corrected chi connectivity index (χ1v) is 6.10. The lowest BCUT2D eigenvalue weighted by Gasteiger charge is -2.06. The van der Waals surface area contributed by atoms with Crippen molar-refractivity contribution < 1.29 is 14.3 Å². The summed E-state index contributed by atoms with van der Waals surface area (Å²) in [7, 11) is 0. The van der Waals surface area contributed by atoms with Gasteiger partial charge in [-0.1, -0.05) is 11.6 Å². The van der Waals surface area contributed by atoms with Gasteiger partial charge in [0.25, 0.3) is 0 Å². The molecule has 6 heteroatoms. The van der Waals surface area contributed by atoms with E-state index in [1.54, 1.807) is 6.07 Å². The summed E-state index contributed by atoms with van der Waals surface area (Å²) in [5.74, 6) is -1.51. The van der Waals surface area contributed by atoms with E-state index in [4.69, 9.17) is 16.7 Å². The van der Waals surface area contributed by atoms with Crippen LogP contribution in [0.3, 0.4) is 0 Å². The summed E-state index contributed by atoms with van der Waals surface area (Å²) in [6, 6.07) is 8.65. The van der Waals surface area contributed by atoms with Crippen LogP contribution in [0.4, 0.5) is 4.39 Å². The van der Waals surface area contributed by atoms with Crippen molar-refractivity contribution in [1.82, 2.24) is 9.55 Å². The van der Waals surface area contributed by atoms with Crippen LogP contribution in [0.2, 0.25) is 5.02 Å². The Morgan fingerprint density at radius 3 is 2.80 bits per heavy atom. The van der Waals surface area contributed by atoms with Gasteiger partial charge in [-0.2, -0.15) is 0 Å². The van der Waals surface area contributed by atoms with E-state index >= 15 is 0 Å². The second kappa shape index (κ2) is 4.61. The Bertz CT molecular complexity index is 829. The van der Waals surface area contributed by atoms with Gasteiger partial charge < -0.3 is 5.11 Å². The van der Waals surface area contributed by atoms with Crippen molar-refractivity contribution in [3.8, 4) is 5.69 Å². The number of halogens is 2. The van der Waals surface area contributed by atoms with Crippen molar-refractivity contribution in [1.29, 1.82) is 0 Å². The van der Waals surface area contributed by atoms with Crippen LogP contribution < -0.4 is 0 Å². The van der Waals surface area contributed by atoms with Crippen LogP contribution in [0.25, 0.3) is 16.7 Å². The van der Waals surface area contributed by atoms with Crippen LogP contribution in [-0.4, -0.2) is 20.6 Å². The molecule has 1 aromatic heterocycles. The number of nitrogens with zero attached hydrogens (tertiary/aromatic N) is 2. The number of hydrogen-bond acceptors (Lipinski definition) is 2. The lowest BCUT2D eigenvalue weighted by Crippen LogP contribution is -1.99. The molecule has 3 rings (SSSR count). The van der Waals surface area contributed by atoms with Crippen LogP contribution in [0, 0.1) is 5.82 Å². The number of hydrogen-bond donors (Lipinski definition) is 1. The highest BCUT2D eigenvalue weighted by Gasteiger charge is 2.12. The maximum Gasteiger partial charge on any atom is 0.335 e. The molecule has 2 aromatic carbocycles. The summed E-state index contributed by atoms with van der Waals surface area (Å²) in [6.07, 6.45) is 1.44. The van der Waals surface area contributed by atoms with Gasteiger partial charge in [0, 0.05) is 5.02 Å². The quantitative estimate of drug-likeness (QED) is 0.785. The summed E-state index contributed by atoms with van der Waals surface area (Å²) < 4.78 is 15.4. The Balaban J connectivity index is 2.28. The first-order valence-electron chi connectivity index (χ1n) is 5.72. The van der Waals surface area contributed by atoms with Gasteiger partial charge in [0.15, 0.2) is 0 Å². The van der Waals surface area contributed by atoms with Crippen LogP contribution in [0.1, 0.15) is 10.4 Å². The molecule has 0 radical (unpaired) electrons. The fourth-order valence-electron chi connectivity index (χ4n) is 2.00. The standard InChI is InChI=1S/C14H8ClFN2O2/c15-9-2-3-10(16)12(6-9)18-7-17-11-4-1-8(14(19)20)5-13(11)18/h1-7H,(H,19,20). The van der Waals surface area contributed by atoms with Gasteiger partial charge in [0.05, 0.1) is 22.3 Å². The summed E-state index contributed by atoms with van der Waals surface area (Å²) >= 11 is 5.87. The summed E-state index contributed by atoms with van der Waals surface area (Å²) in [6.45, 7) is 0. The minimum absolute atomic E-state index is 0.113. The van der Waals surface area contributed by atoms with Crippen molar-refractivity contribution in [2.75, 3.05) is 0 Å². The van der Waals surface area contributed by atoms with E-state index in [1.807, 2.05) is 0 Å². The van der Waals surface area contributed by atoms with Gasteiger partial charge in [-0.3, -0.25) is 4.57 Å². The number of carbonyl (C=O) groups is 1. The molecule has 0 aliphatic heterocycles. The van der Waals surface area contributed by atoms with Crippen molar-refractivity contribution in [3.63, 3.8) is 0 Å². The predicted molar refractivity (Wildman–Crippen MR) is 73.0 cm³/mol. The van der Waals surface area contributed by atoms with Crippen molar-refractivity contribution >= 4 is 28.6 Å². The molecule has 0 bridgehead atoms. The first-order chi connectivity index (χ1) is 9.56. The first kappa shape index (κ1) is 12.6. The third kappa shape index (κ3) is 2.02. The van der Waals surface area contributed by atoms with E-state index in [0.29, 0.717) is 16.1 Å². The maximum absolute atomic E-state index is 13.9. The Labute approximate surface area is 118 Å². The summed E-state index contributed by atoms with van der Waals surface area (Å²) in [5.41, 5.74) is 1.42. The monoisotopic (exact) mass is 290 g/mol. The smallest absolute Gasteiger partial charge is 0.335 e. The minimum Gasteiger partial charge on any atom is -0.478 e. The normalized spacial score (nSPS) is 10.9. The Hall–Kier alpha value is -2.40. The number of fused-ring (bicyclic) bond motifs is 1. The lowest BCUT2D eigenvalue weighted by molar-refractivity contribution is 0.0697. The molecule has 20 heavy (non-hydrogen) atoms. The molecule has 0 spiro atoms. The van der Waals surface area contributed by atoms with Crippen LogP contribution >= 0.6 is 11.6 Å². The molecule has 0 fully saturated rings. The molecule has 0 saturated carbocycles. The van der Waals surface area contributed by atoms with Crippen LogP contribution in [-0.2, 0) is 0 Å². The fraction of sp³-hybridized carbons (Fsp3) is 0. The number of carboxylic acids is 1. The minimum atomic E-state index is -1.05. The van der Waals surface area contributed by atoms with E-state index < -0.39 is 11.8 Å². The highest BCUT2D eigenvalue weighted by Crippen LogP contribution is 2.24. The molecule has 1 N–H and O–H groups in total. The molecule has 0 amide bonds. The highest BCUT2D eigenvalue weighted by atomic mass is 35.5. The van der Waals surface area contributed by atoms with Gasteiger partial charge in [0.2, 0.25) is 0 Å². The number of rotatable bonds is 2. The molecule has 3 aromatic rings. The summed E-state index contributed by atoms with van der Waals surface area (Å²) in [4.78, 5) is 15.1. The van der Waals surface area contributed by atoms with Crippen LogP contribution in [0.15, 0.2) is 42.7 Å². The number of carboxylic acid groups (broad SMARTS) is 1. The third-order valence-electron chi connectivity index (χ3n) is 2.96. The molecule has 0 aliphatic carbocycles. The average Bonchev–Trinajstić information content (AvgIpc) is 2.84. The molecule has 0 atom stereocenters. The Morgan fingerprint density at radius 2 is 2.05 bits per heavy atom. The van der Waals surface area contributed by atoms with Crippen molar-refractivity contribution in [2.45, 2.75) is 0 Å². The zero-order valence-electron chi connectivity index (χ0n) is 10.0. The van der Waals surface area contributed by atoms with Gasteiger partial charge in [-0.05, 0) is 36.4 Å². The predicted octanol–water partition coefficient (Wildman–Crippen LogP) is 3.52. The number of aromatic carboxylic acids is 1. The van der Waals surface area contributed by atoms with Crippen molar-refractivity contribution in [3.05, 3.63) is 59.1 Å². The van der Waals surface area contributed by atoms with E-state index in [1.165, 1.54) is 41.2 Å². The van der Waals surface area contributed by atoms with Gasteiger partial charge in [-0.25, -0.2) is 14.2 Å². The third-order valence-corrected chi connectivity index (χ3v) is 3.20. The molecule has 4 nitrogen and oxygen atoms in total. The molecule has 0 aliphatic rings. The van der Waals surface area contributed by atoms with Gasteiger partial charge >= 0.3 is 5.97 Å². The Kier molecular flexibility index (Phi) is 2.91. The largest absolute Gasteiger partial charge is 0.478 e. The van der Waals surface area contributed by atoms with E-state index in [-0.39, 0.29) is 11.3 Å². The van der Waals surface area contributed by atoms with Crippen LogP contribution in [0.5, 0.6) is 0 Å². The fourth-order valence-corrected chi connectivity index (χ4v) is 2.17. The molecule has 1 heterocycles. The number of imidazole rings is 1. The average molecular weight is 291 g/mol. The molecule has 0 unspecified atom stereocenters. The number of aromatic nitrogens is 2. The number of benzene rings is 2. The van der Waals surface area contributed by atoms with Gasteiger partial charge in [-0.15, -0.1) is 0 Å². The SMILES string of the molecule is O=C(O)c1ccc2ncn(-c3cc(Cl)ccc3F)c2c1. The van der Waals surface area contributed by atoms with E-state index in [0.717, 1.165) is 0 Å². The second-order valence-electron chi connectivity index (χ2n) is 4.22. The van der Waals surface area contributed by atoms with E-state index in [9.17, 15) is 9.18 Å². The molecular formula is C14H8ClFN2O2. The lowest BCUT2D eigenvalue weighted by atomic mass is 10.2. The zero-order valence-corrected chi connectivity index (χ0v) is 10.8. The molecule has 100 valence electrons. The van der Waals surface area contributed by atoms with Crippen molar-refractivity contribution in [2.24, 2.45) is 0 Å². The zero-order chi connectivity index (χ0) is 14.3. The topological polar surface area (TPSA) is 55.1 Å². The molecule has 0 saturated heterocycles. The Morgan fingerprint density at radius 1 is 1.25 bits per heavy atom. The molecular weight excluding hydrogens is 283 g/mol. The van der Waals surface area contributed by atoms with E-state index in [2.05, 4.69) is 4.98 Å².